The van der Waals surface area contributed by atoms with Gasteiger partial charge in [0.2, 0.25) is 11.7 Å². The van der Waals surface area contributed by atoms with Gasteiger partial charge < -0.3 is 9.42 Å². The Morgan fingerprint density at radius 1 is 1.10 bits per heavy atom. The van der Waals surface area contributed by atoms with Crippen molar-refractivity contribution in [1.82, 2.24) is 15.0 Å². The standard InChI is InChI=1S/C23H21N3O2S2/c1-16-5-11-19(12-6-16)30-15-17-7-9-18(10-8-17)23(27)26(2)14-21-24-22(25-28-21)20-4-3-13-29-20/h3-13H,14-15H2,1-2H3. The number of nitrogens with zero attached hydrogens (tertiary/aromatic N) is 3. The molecule has 2 heterocycles. The average Bonchev–Trinajstić information content (AvgIpc) is 3.45. The Morgan fingerprint density at radius 2 is 1.87 bits per heavy atom. The van der Waals surface area contributed by atoms with Gasteiger partial charge in [0.25, 0.3) is 5.91 Å². The minimum Gasteiger partial charge on any atom is -0.337 e. The second-order valence-electron chi connectivity index (χ2n) is 6.95. The molecule has 0 aliphatic carbocycles. The lowest BCUT2D eigenvalue weighted by molar-refractivity contribution is 0.0769. The van der Waals surface area contributed by atoms with E-state index in [1.54, 1.807) is 35.0 Å². The summed E-state index contributed by atoms with van der Waals surface area (Å²) in [5.41, 5.74) is 3.08. The molecule has 0 spiro atoms. The number of thioether (sulfide) groups is 1. The molecule has 0 fully saturated rings. The van der Waals surface area contributed by atoms with Crippen LogP contribution in [0.3, 0.4) is 0 Å². The fourth-order valence-corrected chi connectivity index (χ4v) is 4.37. The van der Waals surface area contributed by atoms with Crippen molar-refractivity contribution >= 4 is 29.0 Å². The van der Waals surface area contributed by atoms with Gasteiger partial charge in [-0.05, 0) is 48.2 Å². The number of carbonyl (C=O) groups excluding carboxylic acids is 1. The highest BCUT2D eigenvalue weighted by Gasteiger charge is 2.16. The lowest BCUT2D eigenvalue weighted by atomic mass is 10.1. The maximum absolute atomic E-state index is 12.7. The molecule has 30 heavy (non-hydrogen) atoms. The van der Waals surface area contributed by atoms with Crippen molar-refractivity contribution in [2.45, 2.75) is 24.1 Å². The number of hydrogen-bond acceptors (Lipinski definition) is 6. The van der Waals surface area contributed by atoms with Gasteiger partial charge in [-0.25, -0.2) is 0 Å². The number of aromatic nitrogens is 2. The van der Waals surface area contributed by atoms with E-state index in [9.17, 15) is 4.79 Å². The topological polar surface area (TPSA) is 59.2 Å². The maximum Gasteiger partial charge on any atom is 0.254 e. The molecule has 1 amide bonds. The lowest BCUT2D eigenvalue weighted by Crippen LogP contribution is -2.26. The summed E-state index contributed by atoms with van der Waals surface area (Å²) in [7, 11) is 1.73. The minimum absolute atomic E-state index is 0.0800. The summed E-state index contributed by atoms with van der Waals surface area (Å²) in [4.78, 5) is 20.9. The minimum atomic E-state index is -0.0800. The third kappa shape index (κ3) is 4.98. The van der Waals surface area contributed by atoms with E-state index >= 15 is 0 Å². The van der Waals surface area contributed by atoms with Crippen molar-refractivity contribution in [3.63, 3.8) is 0 Å². The molecule has 0 atom stereocenters. The Morgan fingerprint density at radius 3 is 2.57 bits per heavy atom. The normalized spacial score (nSPS) is 10.9. The molecule has 0 bridgehead atoms. The molecule has 4 aromatic rings. The second-order valence-corrected chi connectivity index (χ2v) is 8.95. The number of hydrogen-bond donors (Lipinski definition) is 0. The van der Waals surface area contributed by atoms with E-state index in [1.807, 2.05) is 41.8 Å². The Kier molecular flexibility index (Phi) is 6.30. The van der Waals surface area contributed by atoms with E-state index in [1.165, 1.54) is 16.0 Å². The largest absolute Gasteiger partial charge is 0.337 e. The van der Waals surface area contributed by atoms with Gasteiger partial charge in [-0.15, -0.1) is 23.1 Å². The highest BCUT2D eigenvalue weighted by molar-refractivity contribution is 7.98. The predicted octanol–water partition coefficient (Wildman–Crippen LogP) is 5.67. The molecule has 0 radical (unpaired) electrons. The zero-order chi connectivity index (χ0) is 20.9. The number of carbonyl (C=O) groups is 1. The van der Waals surface area contributed by atoms with E-state index in [0.717, 1.165) is 10.6 Å². The summed E-state index contributed by atoms with van der Waals surface area (Å²) >= 11 is 3.33. The van der Waals surface area contributed by atoms with Crippen LogP contribution in [0, 0.1) is 6.92 Å². The number of benzene rings is 2. The van der Waals surface area contributed by atoms with Gasteiger partial charge in [-0.2, -0.15) is 4.98 Å². The highest BCUT2D eigenvalue weighted by atomic mass is 32.2. The zero-order valence-electron chi connectivity index (χ0n) is 16.7. The van der Waals surface area contributed by atoms with Gasteiger partial charge in [0.1, 0.15) is 0 Å². The van der Waals surface area contributed by atoms with E-state index in [0.29, 0.717) is 17.3 Å². The lowest BCUT2D eigenvalue weighted by Gasteiger charge is -2.15. The fraction of sp³-hybridized carbons (Fsp3) is 0.174. The third-order valence-electron chi connectivity index (χ3n) is 4.56. The first-order chi connectivity index (χ1) is 14.6. The Labute approximate surface area is 183 Å². The van der Waals surface area contributed by atoms with E-state index < -0.39 is 0 Å². The molecule has 0 aliphatic heterocycles. The molecule has 2 aromatic carbocycles. The SMILES string of the molecule is Cc1ccc(SCc2ccc(C(=O)N(C)Cc3nc(-c4cccs4)no3)cc2)cc1. The molecule has 4 rings (SSSR count). The van der Waals surface area contributed by atoms with Crippen molar-refractivity contribution in [1.29, 1.82) is 0 Å². The van der Waals surface area contributed by atoms with Gasteiger partial charge in [-0.3, -0.25) is 4.79 Å². The predicted molar refractivity (Wildman–Crippen MR) is 121 cm³/mol. The molecule has 0 saturated heterocycles. The first-order valence-electron chi connectivity index (χ1n) is 9.49. The molecule has 5 nitrogen and oxygen atoms in total. The molecular weight excluding hydrogens is 414 g/mol. The molecule has 2 aromatic heterocycles. The van der Waals surface area contributed by atoms with E-state index in [4.69, 9.17) is 4.52 Å². The van der Waals surface area contributed by atoms with Crippen molar-refractivity contribution in [2.75, 3.05) is 7.05 Å². The second kappa shape index (κ2) is 9.28. The molecule has 0 aliphatic rings. The Hall–Kier alpha value is -2.90. The summed E-state index contributed by atoms with van der Waals surface area (Å²) in [6, 6.07) is 20.1. The molecule has 0 unspecified atom stereocenters. The molecule has 7 heteroatoms. The van der Waals surface area contributed by atoms with Crippen LogP contribution in [0.1, 0.15) is 27.4 Å². The van der Waals surface area contributed by atoms with Crippen LogP contribution in [-0.2, 0) is 12.3 Å². The quantitative estimate of drug-likeness (QED) is 0.350. The molecule has 152 valence electrons. The van der Waals surface area contributed by atoms with Gasteiger partial charge in [0.15, 0.2) is 0 Å². The Bertz CT molecular complexity index is 1100. The van der Waals surface area contributed by atoms with Crippen LogP contribution < -0.4 is 0 Å². The monoisotopic (exact) mass is 435 g/mol. The van der Waals surface area contributed by atoms with Crippen LogP contribution in [0.2, 0.25) is 0 Å². The van der Waals surface area contributed by atoms with Gasteiger partial charge in [0.05, 0.1) is 11.4 Å². The number of rotatable bonds is 7. The van der Waals surface area contributed by atoms with Crippen LogP contribution in [0.25, 0.3) is 10.7 Å². The molecule has 0 N–H and O–H groups in total. The molecular formula is C23H21N3O2S2. The van der Waals surface area contributed by atoms with Crippen LogP contribution in [0.4, 0.5) is 0 Å². The van der Waals surface area contributed by atoms with Gasteiger partial charge in [0, 0.05) is 23.3 Å². The van der Waals surface area contributed by atoms with Crippen LogP contribution in [-0.4, -0.2) is 28.0 Å². The van der Waals surface area contributed by atoms with Crippen LogP contribution in [0.15, 0.2) is 75.5 Å². The highest BCUT2D eigenvalue weighted by Crippen LogP contribution is 2.24. The van der Waals surface area contributed by atoms with Crippen molar-refractivity contribution in [3.05, 3.63) is 88.6 Å². The van der Waals surface area contributed by atoms with E-state index in [2.05, 4.69) is 41.3 Å². The number of amides is 1. The summed E-state index contributed by atoms with van der Waals surface area (Å²) in [5.74, 6) is 1.75. The fourth-order valence-electron chi connectivity index (χ4n) is 2.86. The van der Waals surface area contributed by atoms with Gasteiger partial charge >= 0.3 is 0 Å². The Balaban J connectivity index is 1.34. The zero-order valence-corrected chi connectivity index (χ0v) is 18.4. The van der Waals surface area contributed by atoms with Crippen molar-refractivity contribution in [2.24, 2.45) is 0 Å². The third-order valence-corrected chi connectivity index (χ3v) is 6.51. The first kappa shape index (κ1) is 20.4. The summed E-state index contributed by atoms with van der Waals surface area (Å²) in [6.45, 7) is 2.35. The summed E-state index contributed by atoms with van der Waals surface area (Å²) in [5, 5.41) is 5.95. The van der Waals surface area contributed by atoms with Crippen molar-refractivity contribution < 1.29 is 9.32 Å². The number of aryl methyl sites for hydroxylation is 1. The van der Waals surface area contributed by atoms with Gasteiger partial charge in [-0.1, -0.05) is 41.1 Å². The van der Waals surface area contributed by atoms with Crippen LogP contribution >= 0.6 is 23.1 Å². The van der Waals surface area contributed by atoms with E-state index in [-0.39, 0.29) is 12.5 Å². The first-order valence-corrected chi connectivity index (χ1v) is 11.4. The number of thiophene rings is 1. The molecule has 0 saturated carbocycles. The van der Waals surface area contributed by atoms with Crippen LogP contribution in [0.5, 0.6) is 0 Å². The maximum atomic E-state index is 12.7. The summed E-state index contributed by atoms with van der Waals surface area (Å²) < 4.78 is 5.29. The van der Waals surface area contributed by atoms with Crippen molar-refractivity contribution in [3.8, 4) is 10.7 Å². The summed E-state index contributed by atoms with van der Waals surface area (Å²) in [6.07, 6.45) is 0. The average molecular weight is 436 g/mol. The smallest absolute Gasteiger partial charge is 0.254 e.